The van der Waals surface area contributed by atoms with E-state index in [1.165, 1.54) is 22.3 Å². The molecule has 3 aromatic rings. The molecular weight excluding hydrogens is 578 g/mol. The Labute approximate surface area is 195 Å². The molecule has 30 heavy (non-hydrogen) atoms. The quantitative estimate of drug-likeness (QED) is 0.253. The zero-order valence-electron chi connectivity index (χ0n) is 15.7. The van der Waals surface area contributed by atoms with Crippen molar-refractivity contribution >= 4 is 55.0 Å². The summed E-state index contributed by atoms with van der Waals surface area (Å²) in [4.78, 5) is 0. The second kappa shape index (κ2) is 6.62. The topological polar surface area (TPSA) is 9.23 Å². The molecule has 1 aliphatic heterocycles. The van der Waals surface area contributed by atoms with Crippen LogP contribution in [-0.4, -0.2) is 0 Å². The van der Waals surface area contributed by atoms with Crippen LogP contribution in [0.1, 0.15) is 28.4 Å². The number of benzene rings is 3. The molecule has 3 aromatic carbocycles. The van der Waals surface area contributed by atoms with Crippen LogP contribution in [0.5, 0.6) is 0 Å². The van der Waals surface area contributed by atoms with Crippen molar-refractivity contribution in [2.45, 2.75) is 12.5 Å². The Bertz CT molecular complexity index is 1320. The van der Waals surface area contributed by atoms with Gasteiger partial charge in [-0.05, 0) is 0 Å². The molecule has 1 unspecified atom stereocenters. The van der Waals surface area contributed by atoms with Crippen LogP contribution >= 0.6 is 42.3 Å². The van der Waals surface area contributed by atoms with E-state index in [-0.39, 0.29) is 6.10 Å². The van der Waals surface area contributed by atoms with Crippen LogP contribution in [0.15, 0.2) is 77.0 Å². The van der Waals surface area contributed by atoms with E-state index >= 15 is 0 Å². The van der Waals surface area contributed by atoms with Gasteiger partial charge in [-0.25, -0.2) is 0 Å². The van der Waals surface area contributed by atoms with Gasteiger partial charge in [-0.15, -0.1) is 0 Å². The molecule has 1 nitrogen and oxygen atoms in total. The molecule has 149 valence electrons. The fraction of sp³-hybridized carbons (Fsp3) is 0.0833. The van der Waals surface area contributed by atoms with Crippen molar-refractivity contribution in [1.29, 1.82) is 0 Å². The molecule has 3 aliphatic rings. The average molecular weight is 594 g/mol. The van der Waals surface area contributed by atoms with E-state index < -0.39 is 14.9 Å². The SMILES string of the molecule is [SH][Zr]([Cl])([Cl])([c]1cccc2c1C=C1C=C(Br)OC12)[c]1cccc2c1-c1ccccc1C2. The fourth-order valence-electron chi connectivity index (χ4n) is 4.98. The van der Waals surface area contributed by atoms with E-state index in [0.717, 1.165) is 34.3 Å². The Hall–Kier alpha value is -0.767. The van der Waals surface area contributed by atoms with Gasteiger partial charge in [0.2, 0.25) is 0 Å². The first-order valence-corrected chi connectivity index (χ1v) is 23.1. The first-order chi connectivity index (χ1) is 14.3. The van der Waals surface area contributed by atoms with Crippen LogP contribution in [0.3, 0.4) is 0 Å². The molecule has 0 fully saturated rings. The molecule has 0 radical (unpaired) electrons. The summed E-state index contributed by atoms with van der Waals surface area (Å²) in [6.45, 7) is 0. The molecule has 0 spiro atoms. The summed E-state index contributed by atoms with van der Waals surface area (Å²) in [5.41, 5.74) is 8.23. The van der Waals surface area contributed by atoms with Gasteiger partial charge in [-0.2, -0.15) is 0 Å². The van der Waals surface area contributed by atoms with E-state index in [0.29, 0.717) is 0 Å². The molecule has 2 aliphatic carbocycles. The third-order valence-electron chi connectivity index (χ3n) is 6.28. The molecule has 1 atom stereocenters. The zero-order chi connectivity index (χ0) is 20.7. The molecule has 0 bridgehead atoms. The van der Waals surface area contributed by atoms with Gasteiger partial charge in [0.25, 0.3) is 0 Å². The Kier molecular flexibility index (Phi) is 4.39. The maximum atomic E-state index is 7.51. The van der Waals surface area contributed by atoms with Crippen molar-refractivity contribution < 1.29 is 19.7 Å². The second-order valence-electron chi connectivity index (χ2n) is 8.04. The van der Waals surface area contributed by atoms with Crippen molar-refractivity contribution in [3.05, 3.63) is 99.2 Å². The van der Waals surface area contributed by atoms with Gasteiger partial charge >= 0.3 is 198 Å². The number of hydrogen-bond acceptors (Lipinski definition) is 2. The van der Waals surface area contributed by atoms with Gasteiger partial charge < -0.3 is 0 Å². The van der Waals surface area contributed by atoms with Crippen molar-refractivity contribution in [2.24, 2.45) is 0 Å². The number of hydrogen-bond donors (Lipinski definition) is 1. The van der Waals surface area contributed by atoms with Gasteiger partial charge in [0.05, 0.1) is 0 Å². The monoisotopic (exact) mass is 591 g/mol. The predicted molar refractivity (Wildman–Crippen MR) is 130 cm³/mol. The number of ether oxygens (including phenoxy) is 1. The van der Waals surface area contributed by atoms with Crippen molar-refractivity contribution in [1.82, 2.24) is 0 Å². The Balaban J connectivity index is 1.60. The van der Waals surface area contributed by atoms with Crippen LogP contribution in [0.25, 0.3) is 17.2 Å². The van der Waals surface area contributed by atoms with Crippen LogP contribution in [0, 0.1) is 0 Å². The molecular formula is C24H16BrCl2OSZr. The van der Waals surface area contributed by atoms with Crippen LogP contribution in [0.4, 0.5) is 0 Å². The molecule has 0 saturated carbocycles. The predicted octanol–water partition coefficient (Wildman–Crippen LogP) is 6.76. The standard InChI is InChI=1S/C13H9.C11H6BrO.2ClH.H2S.Zr/c1-3-7-12-10(5-1)9-11-6-2-4-8-13(11)12;12-10-6-8-5-7-3-1-2-4-9(7)11(8)13-10;;;;/h1-7H,9H2;1-2,4-6,11H;2*1H;1H2;/q;;;;;+3/p-3. The summed E-state index contributed by atoms with van der Waals surface area (Å²) >= 11 is -1.47. The second-order valence-corrected chi connectivity index (χ2v) is 34.7. The first kappa shape index (κ1) is 19.9. The summed E-state index contributed by atoms with van der Waals surface area (Å²) in [7, 11) is 20.2. The molecule has 0 aromatic heterocycles. The summed E-state index contributed by atoms with van der Waals surface area (Å²) in [5.74, 6) is 0. The molecule has 6 rings (SSSR count). The maximum absolute atomic E-state index is 7.51. The van der Waals surface area contributed by atoms with Gasteiger partial charge in [0, 0.05) is 0 Å². The van der Waals surface area contributed by atoms with E-state index in [1.54, 1.807) is 0 Å². The molecule has 6 heteroatoms. The normalized spacial score (nSPS) is 19.6. The van der Waals surface area contributed by atoms with Crippen LogP contribution in [0.2, 0.25) is 0 Å². The van der Waals surface area contributed by atoms with Crippen molar-refractivity contribution in [3.8, 4) is 11.1 Å². The molecule has 1 heterocycles. The Morgan fingerprint density at radius 1 is 0.900 bits per heavy atom. The molecule has 0 amide bonds. The Morgan fingerprint density at radius 3 is 2.50 bits per heavy atom. The number of fused-ring (bicyclic) bond motifs is 6. The van der Waals surface area contributed by atoms with E-state index in [9.17, 15) is 0 Å². The summed E-state index contributed by atoms with van der Waals surface area (Å²) in [5, 5.41) is 0. The Morgan fingerprint density at radius 2 is 1.63 bits per heavy atom. The zero-order valence-corrected chi connectivity index (χ0v) is 22.2. The summed E-state index contributed by atoms with van der Waals surface area (Å²) < 4.78 is 8.65. The number of halogens is 3. The number of thiol groups is 1. The minimum atomic E-state index is -4.91. The van der Waals surface area contributed by atoms with Crippen LogP contribution in [-0.2, 0) is 26.1 Å². The third kappa shape index (κ3) is 2.77. The van der Waals surface area contributed by atoms with E-state index in [2.05, 4.69) is 70.5 Å². The van der Waals surface area contributed by atoms with Gasteiger partial charge in [0.1, 0.15) is 0 Å². The van der Waals surface area contributed by atoms with E-state index in [1.807, 2.05) is 18.2 Å². The van der Waals surface area contributed by atoms with Crippen molar-refractivity contribution in [3.63, 3.8) is 0 Å². The molecule has 0 saturated heterocycles. The minimum absolute atomic E-state index is 0.108. The summed E-state index contributed by atoms with van der Waals surface area (Å²) in [6.07, 6.45) is 4.95. The van der Waals surface area contributed by atoms with Gasteiger partial charge in [0.15, 0.2) is 0 Å². The van der Waals surface area contributed by atoms with Gasteiger partial charge in [-0.3, -0.25) is 0 Å². The number of rotatable bonds is 2. The molecule has 0 N–H and O–H groups in total. The summed E-state index contributed by atoms with van der Waals surface area (Å²) in [6, 6.07) is 21.0. The van der Waals surface area contributed by atoms with Crippen molar-refractivity contribution in [2.75, 3.05) is 0 Å². The van der Waals surface area contributed by atoms with Gasteiger partial charge in [-0.1, -0.05) is 0 Å². The average Bonchev–Trinajstić information content (AvgIpc) is 3.36. The van der Waals surface area contributed by atoms with Crippen LogP contribution < -0.4 is 6.54 Å². The first-order valence-electron chi connectivity index (χ1n) is 9.73. The fourth-order valence-corrected chi connectivity index (χ4v) is 17.5. The van der Waals surface area contributed by atoms with E-state index in [4.69, 9.17) is 31.1 Å². The third-order valence-corrected chi connectivity index (χ3v) is 21.0.